The summed E-state index contributed by atoms with van der Waals surface area (Å²) in [6.07, 6.45) is 1.81. The van der Waals surface area contributed by atoms with Crippen molar-refractivity contribution in [2.75, 3.05) is 36.5 Å². The summed E-state index contributed by atoms with van der Waals surface area (Å²) in [5.41, 5.74) is 5.90. The molecule has 1 aliphatic heterocycles. The third-order valence-electron chi connectivity index (χ3n) is 5.78. The largest absolute Gasteiger partial charge is 0.378 e. The van der Waals surface area contributed by atoms with E-state index in [4.69, 9.17) is 9.84 Å². The third-order valence-corrected chi connectivity index (χ3v) is 5.78. The second-order valence-corrected chi connectivity index (χ2v) is 8.11. The summed E-state index contributed by atoms with van der Waals surface area (Å²) in [5, 5.41) is 7.93. The summed E-state index contributed by atoms with van der Waals surface area (Å²) in [6, 6.07) is 25.8. The molecule has 0 aliphatic carbocycles. The predicted molar refractivity (Wildman–Crippen MR) is 131 cm³/mol. The van der Waals surface area contributed by atoms with Gasteiger partial charge in [0.05, 0.1) is 35.8 Å². The molecule has 6 nitrogen and oxygen atoms in total. The summed E-state index contributed by atoms with van der Waals surface area (Å²) in [6.45, 7) is 5.00. The van der Waals surface area contributed by atoms with Crippen molar-refractivity contribution >= 4 is 17.3 Å². The van der Waals surface area contributed by atoms with E-state index in [-0.39, 0.29) is 5.91 Å². The highest BCUT2D eigenvalue weighted by atomic mass is 16.5. The summed E-state index contributed by atoms with van der Waals surface area (Å²) in [5.74, 6) is -0.186. The molecule has 6 heteroatoms. The van der Waals surface area contributed by atoms with Gasteiger partial charge in [-0.3, -0.25) is 4.79 Å². The lowest BCUT2D eigenvalue weighted by Crippen LogP contribution is -2.36. The number of nitrogens with one attached hydrogen (secondary N) is 1. The molecule has 1 saturated heterocycles. The molecule has 0 spiro atoms. The number of carbonyl (C=O) groups is 1. The van der Waals surface area contributed by atoms with Crippen molar-refractivity contribution in [2.24, 2.45) is 0 Å². The topological polar surface area (TPSA) is 59.4 Å². The van der Waals surface area contributed by atoms with Crippen LogP contribution < -0.4 is 10.2 Å². The lowest BCUT2D eigenvalue weighted by Gasteiger charge is -2.30. The van der Waals surface area contributed by atoms with Crippen LogP contribution in [0.3, 0.4) is 0 Å². The Labute approximate surface area is 193 Å². The van der Waals surface area contributed by atoms with E-state index < -0.39 is 0 Å². The van der Waals surface area contributed by atoms with E-state index in [0.29, 0.717) is 24.5 Å². The smallest absolute Gasteiger partial charge is 0.259 e. The van der Waals surface area contributed by atoms with Gasteiger partial charge in [-0.1, -0.05) is 54.1 Å². The Kier molecular flexibility index (Phi) is 5.91. The van der Waals surface area contributed by atoms with E-state index in [1.807, 2.05) is 79.7 Å². The molecule has 0 bridgehead atoms. The van der Waals surface area contributed by atoms with Crippen LogP contribution >= 0.6 is 0 Å². The van der Waals surface area contributed by atoms with Gasteiger partial charge >= 0.3 is 0 Å². The molecule has 1 aliphatic rings. The number of amides is 1. The summed E-state index contributed by atoms with van der Waals surface area (Å²) < 4.78 is 7.25. The molecule has 5 rings (SSSR count). The normalized spacial score (nSPS) is 13.7. The Morgan fingerprint density at radius 2 is 1.70 bits per heavy atom. The van der Waals surface area contributed by atoms with Crippen LogP contribution in [0.4, 0.5) is 11.4 Å². The summed E-state index contributed by atoms with van der Waals surface area (Å²) in [7, 11) is 0. The van der Waals surface area contributed by atoms with E-state index in [0.717, 1.165) is 41.3 Å². The van der Waals surface area contributed by atoms with Crippen LogP contribution in [0.15, 0.2) is 85.1 Å². The molecule has 166 valence electrons. The quantitative estimate of drug-likeness (QED) is 0.480. The molecule has 33 heavy (non-hydrogen) atoms. The zero-order chi connectivity index (χ0) is 22.6. The minimum atomic E-state index is -0.186. The van der Waals surface area contributed by atoms with Crippen LogP contribution in [0, 0.1) is 6.92 Å². The molecule has 0 unspecified atom stereocenters. The number of hydrogen-bond acceptors (Lipinski definition) is 4. The maximum atomic E-state index is 13.6. The minimum absolute atomic E-state index is 0.186. The van der Waals surface area contributed by atoms with E-state index in [1.54, 1.807) is 10.9 Å². The Bertz CT molecular complexity index is 1260. The van der Waals surface area contributed by atoms with Gasteiger partial charge in [-0.25, -0.2) is 4.68 Å². The number of anilines is 2. The average molecular weight is 439 g/mol. The Hall–Kier alpha value is -3.90. The van der Waals surface area contributed by atoms with Crippen LogP contribution in [0.25, 0.3) is 16.9 Å². The predicted octanol–water partition coefficient (Wildman–Crippen LogP) is 4.94. The summed E-state index contributed by atoms with van der Waals surface area (Å²) in [4.78, 5) is 15.8. The monoisotopic (exact) mass is 438 g/mol. The molecule has 3 aromatic carbocycles. The van der Waals surface area contributed by atoms with Gasteiger partial charge in [0.15, 0.2) is 0 Å². The molecule has 0 radical (unpaired) electrons. The first-order chi connectivity index (χ1) is 16.2. The first-order valence-corrected chi connectivity index (χ1v) is 11.1. The molecule has 4 aromatic rings. The van der Waals surface area contributed by atoms with Gasteiger partial charge in [0.2, 0.25) is 0 Å². The molecule has 1 N–H and O–H groups in total. The number of hydrogen-bond donors (Lipinski definition) is 1. The number of ether oxygens (including phenoxy) is 1. The van der Waals surface area contributed by atoms with Crippen LogP contribution in [0.2, 0.25) is 0 Å². The number of rotatable bonds is 5. The molecular weight excluding hydrogens is 412 g/mol. The highest BCUT2D eigenvalue weighted by Crippen LogP contribution is 2.29. The number of carbonyl (C=O) groups excluding carboxylic acids is 1. The Balaban J connectivity index is 1.52. The second kappa shape index (κ2) is 9.30. The first kappa shape index (κ1) is 21.0. The Morgan fingerprint density at radius 3 is 2.48 bits per heavy atom. The molecule has 0 saturated carbocycles. The number of aromatic nitrogens is 2. The van der Waals surface area contributed by atoms with Crippen molar-refractivity contribution in [3.8, 4) is 16.9 Å². The Morgan fingerprint density at radius 1 is 0.939 bits per heavy atom. The fraction of sp³-hybridized carbons (Fsp3) is 0.185. The highest BCUT2D eigenvalue weighted by Gasteiger charge is 2.21. The SMILES string of the molecule is Cc1cccc(-c2nn(-c3ccccc3)cc2C(=O)Nc2ccccc2N2CCOCC2)c1. The van der Waals surface area contributed by atoms with Gasteiger partial charge in [-0.2, -0.15) is 5.10 Å². The van der Waals surface area contributed by atoms with Crippen molar-refractivity contribution in [2.45, 2.75) is 6.92 Å². The second-order valence-electron chi connectivity index (χ2n) is 8.11. The van der Waals surface area contributed by atoms with Crippen molar-refractivity contribution < 1.29 is 9.53 Å². The molecule has 1 amide bonds. The van der Waals surface area contributed by atoms with Crippen molar-refractivity contribution in [1.82, 2.24) is 9.78 Å². The molecular formula is C27H26N4O2. The maximum Gasteiger partial charge on any atom is 0.259 e. The van der Waals surface area contributed by atoms with Gasteiger partial charge < -0.3 is 15.0 Å². The van der Waals surface area contributed by atoms with E-state index >= 15 is 0 Å². The van der Waals surface area contributed by atoms with Gasteiger partial charge in [0.25, 0.3) is 5.91 Å². The lowest BCUT2D eigenvalue weighted by atomic mass is 10.1. The van der Waals surface area contributed by atoms with Crippen molar-refractivity contribution in [3.63, 3.8) is 0 Å². The highest BCUT2D eigenvalue weighted by molar-refractivity contribution is 6.09. The molecule has 1 fully saturated rings. The van der Waals surface area contributed by atoms with Gasteiger partial charge in [-0.05, 0) is 37.3 Å². The van der Waals surface area contributed by atoms with Crippen LogP contribution in [0.1, 0.15) is 15.9 Å². The number of nitrogens with zero attached hydrogens (tertiary/aromatic N) is 3. The fourth-order valence-electron chi connectivity index (χ4n) is 4.11. The fourth-order valence-corrected chi connectivity index (χ4v) is 4.11. The van der Waals surface area contributed by atoms with Crippen LogP contribution in [-0.2, 0) is 4.74 Å². The number of morpholine rings is 1. The van der Waals surface area contributed by atoms with E-state index in [9.17, 15) is 4.79 Å². The van der Waals surface area contributed by atoms with E-state index in [2.05, 4.69) is 16.3 Å². The van der Waals surface area contributed by atoms with Crippen LogP contribution in [-0.4, -0.2) is 42.0 Å². The van der Waals surface area contributed by atoms with Crippen molar-refractivity contribution in [1.29, 1.82) is 0 Å². The summed E-state index contributed by atoms with van der Waals surface area (Å²) >= 11 is 0. The standard InChI is InChI=1S/C27H26N4O2/c1-20-8-7-9-21(18-20)26-23(19-31(29-26)22-10-3-2-4-11-22)27(32)28-24-12-5-6-13-25(24)30-14-16-33-17-15-30/h2-13,18-19H,14-17H2,1H3,(H,28,32). The zero-order valence-corrected chi connectivity index (χ0v) is 18.6. The minimum Gasteiger partial charge on any atom is -0.378 e. The molecule has 2 heterocycles. The van der Waals surface area contributed by atoms with E-state index in [1.165, 1.54) is 0 Å². The zero-order valence-electron chi connectivity index (χ0n) is 18.6. The number of benzene rings is 3. The third kappa shape index (κ3) is 4.52. The lowest BCUT2D eigenvalue weighted by molar-refractivity contribution is 0.102. The molecule has 0 atom stereocenters. The number of para-hydroxylation sites is 3. The van der Waals surface area contributed by atoms with Gasteiger partial charge in [0.1, 0.15) is 5.69 Å². The maximum absolute atomic E-state index is 13.6. The van der Waals surface area contributed by atoms with Crippen molar-refractivity contribution in [3.05, 3.63) is 96.2 Å². The van der Waals surface area contributed by atoms with Crippen LogP contribution in [0.5, 0.6) is 0 Å². The number of aryl methyl sites for hydroxylation is 1. The molecule has 1 aromatic heterocycles. The average Bonchev–Trinajstić information content (AvgIpc) is 3.31. The van der Waals surface area contributed by atoms with Gasteiger partial charge in [-0.15, -0.1) is 0 Å². The van der Waals surface area contributed by atoms with Gasteiger partial charge in [0, 0.05) is 24.8 Å². The first-order valence-electron chi connectivity index (χ1n) is 11.1.